The lowest BCUT2D eigenvalue weighted by molar-refractivity contribution is -0.117. The van der Waals surface area contributed by atoms with Crippen LogP contribution in [0.2, 0.25) is 0 Å². The number of carbonyl (C=O) groups excluding carboxylic acids is 1. The fraction of sp³-hybridized carbons (Fsp3) is 0.200. The summed E-state index contributed by atoms with van der Waals surface area (Å²) in [6, 6.07) is 15.6. The smallest absolute Gasteiger partial charge is 0.227 e. The number of aromatic nitrogens is 3. The lowest BCUT2D eigenvalue weighted by Gasteiger charge is -2.17. The zero-order valence-corrected chi connectivity index (χ0v) is 14.4. The highest BCUT2D eigenvalue weighted by molar-refractivity contribution is 5.96. The van der Waals surface area contributed by atoms with Crippen LogP contribution in [0.1, 0.15) is 12.8 Å². The van der Waals surface area contributed by atoms with E-state index in [1.54, 1.807) is 13.3 Å². The number of amides is 1. The average molecular weight is 346 g/mol. The summed E-state index contributed by atoms with van der Waals surface area (Å²) < 4.78 is 5.22. The summed E-state index contributed by atoms with van der Waals surface area (Å²) in [5.41, 5.74) is 4.41. The molecule has 0 unspecified atom stereocenters. The fourth-order valence-electron chi connectivity index (χ4n) is 3.20. The maximum atomic E-state index is 12.1. The fourth-order valence-corrected chi connectivity index (χ4v) is 3.20. The molecule has 1 saturated heterocycles. The van der Waals surface area contributed by atoms with E-state index in [1.807, 2.05) is 53.4 Å². The molecule has 1 aliphatic rings. The minimum absolute atomic E-state index is 0.170. The first-order valence-corrected chi connectivity index (χ1v) is 8.50. The van der Waals surface area contributed by atoms with Crippen molar-refractivity contribution in [2.45, 2.75) is 12.8 Å². The van der Waals surface area contributed by atoms with Crippen LogP contribution in [0, 0.1) is 0 Å². The van der Waals surface area contributed by atoms with Gasteiger partial charge in [-0.1, -0.05) is 12.1 Å². The molecule has 130 valence electrons. The Kier molecular flexibility index (Phi) is 4.31. The number of nitrogens with zero attached hydrogens (tertiary/aromatic N) is 4. The molecule has 0 saturated carbocycles. The molecule has 0 atom stereocenters. The molecule has 0 aliphatic carbocycles. The molecule has 0 radical (unpaired) electrons. The van der Waals surface area contributed by atoms with Crippen LogP contribution < -0.4 is 9.64 Å². The number of anilines is 1. The van der Waals surface area contributed by atoms with Crippen LogP contribution >= 0.6 is 0 Å². The molecule has 0 bridgehead atoms. The molecular weight excluding hydrogens is 328 g/mol. The van der Waals surface area contributed by atoms with Gasteiger partial charge in [0.25, 0.3) is 0 Å². The molecule has 0 spiro atoms. The van der Waals surface area contributed by atoms with Crippen molar-refractivity contribution in [3.63, 3.8) is 0 Å². The van der Waals surface area contributed by atoms with Crippen LogP contribution in [0.25, 0.3) is 22.4 Å². The number of hydrogen-bond acceptors (Lipinski definition) is 5. The van der Waals surface area contributed by atoms with Crippen LogP contribution in [0.4, 0.5) is 5.69 Å². The van der Waals surface area contributed by atoms with Crippen LogP contribution in [-0.4, -0.2) is 35.0 Å². The van der Waals surface area contributed by atoms with Crippen molar-refractivity contribution in [1.82, 2.24) is 15.4 Å². The van der Waals surface area contributed by atoms with Crippen molar-refractivity contribution in [3.05, 3.63) is 54.7 Å². The zero-order valence-electron chi connectivity index (χ0n) is 14.4. The van der Waals surface area contributed by atoms with Crippen LogP contribution in [0.5, 0.6) is 5.75 Å². The van der Waals surface area contributed by atoms with Gasteiger partial charge in [0.05, 0.1) is 13.3 Å². The zero-order chi connectivity index (χ0) is 17.9. The Bertz CT molecular complexity index is 941. The highest BCUT2D eigenvalue weighted by atomic mass is 16.5. The van der Waals surface area contributed by atoms with Gasteiger partial charge in [-0.2, -0.15) is 0 Å². The van der Waals surface area contributed by atoms with E-state index >= 15 is 0 Å². The van der Waals surface area contributed by atoms with Crippen LogP contribution in [0.15, 0.2) is 54.7 Å². The Balaban J connectivity index is 1.75. The molecule has 1 amide bonds. The first kappa shape index (κ1) is 16.2. The molecule has 2 heterocycles. The van der Waals surface area contributed by atoms with Crippen molar-refractivity contribution < 1.29 is 9.53 Å². The number of carbonyl (C=O) groups is 1. The van der Waals surface area contributed by atoms with E-state index in [1.165, 1.54) is 0 Å². The van der Waals surface area contributed by atoms with Crippen molar-refractivity contribution in [2.75, 3.05) is 18.6 Å². The molecule has 6 heteroatoms. The highest BCUT2D eigenvalue weighted by Gasteiger charge is 2.22. The van der Waals surface area contributed by atoms with E-state index < -0.39 is 0 Å². The van der Waals surface area contributed by atoms with Gasteiger partial charge in [0.1, 0.15) is 11.4 Å². The molecule has 26 heavy (non-hydrogen) atoms. The normalized spacial score (nSPS) is 13.9. The van der Waals surface area contributed by atoms with Crippen molar-refractivity contribution in [1.29, 1.82) is 0 Å². The van der Waals surface area contributed by atoms with Gasteiger partial charge in [-0.15, -0.1) is 10.2 Å². The Morgan fingerprint density at radius 2 is 1.92 bits per heavy atom. The Hall–Kier alpha value is -3.28. The largest absolute Gasteiger partial charge is 0.497 e. The Labute approximate surface area is 151 Å². The molecule has 6 nitrogen and oxygen atoms in total. The van der Waals surface area contributed by atoms with Crippen LogP contribution in [-0.2, 0) is 4.79 Å². The van der Waals surface area contributed by atoms with Gasteiger partial charge in [0, 0.05) is 29.8 Å². The molecule has 1 aromatic heterocycles. The standard InChI is InChI=1S/C20H18N4O2/c1-26-17-9-7-14(8-10-17)20-18(13-21-23-22-20)15-4-2-5-16(12-15)24-11-3-6-19(24)25/h2,4-5,7-10,12-13H,3,6,11H2,1H3. The highest BCUT2D eigenvalue weighted by Crippen LogP contribution is 2.33. The average Bonchev–Trinajstić information content (AvgIpc) is 3.14. The summed E-state index contributed by atoms with van der Waals surface area (Å²) in [6.07, 6.45) is 3.22. The predicted octanol–water partition coefficient (Wildman–Crippen LogP) is 3.34. The van der Waals surface area contributed by atoms with Gasteiger partial charge >= 0.3 is 0 Å². The summed E-state index contributed by atoms with van der Waals surface area (Å²) in [5, 5.41) is 12.0. The number of ether oxygens (including phenoxy) is 1. The molecule has 4 rings (SSSR count). The van der Waals surface area contributed by atoms with Gasteiger partial charge in [-0.3, -0.25) is 4.79 Å². The van der Waals surface area contributed by atoms with Crippen LogP contribution in [0.3, 0.4) is 0 Å². The van der Waals surface area contributed by atoms with Crippen molar-refractivity contribution in [2.24, 2.45) is 0 Å². The Morgan fingerprint density at radius 3 is 2.65 bits per heavy atom. The molecule has 3 aromatic rings. The summed E-state index contributed by atoms with van der Waals surface area (Å²) in [4.78, 5) is 13.9. The van der Waals surface area contributed by atoms with E-state index in [0.717, 1.165) is 46.8 Å². The Morgan fingerprint density at radius 1 is 1.08 bits per heavy atom. The first-order valence-electron chi connectivity index (χ1n) is 8.50. The third-order valence-corrected chi connectivity index (χ3v) is 4.54. The maximum absolute atomic E-state index is 12.1. The van der Waals surface area contributed by atoms with Gasteiger partial charge in [0.2, 0.25) is 5.91 Å². The van der Waals surface area contributed by atoms with E-state index in [4.69, 9.17) is 4.74 Å². The number of benzene rings is 2. The SMILES string of the molecule is COc1ccc(-c2nnncc2-c2cccc(N3CCCC3=O)c2)cc1. The number of hydrogen-bond donors (Lipinski definition) is 0. The van der Waals surface area contributed by atoms with Gasteiger partial charge in [-0.05, 0) is 53.6 Å². The minimum atomic E-state index is 0.170. The molecular formula is C20H18N4O2. The quantitative estimate of drug-likeness (QED) is 0.725. The molecule has 2 aromatic carbocycles. The first-order chi connectivity index (χ1) is 12.8. The topological polar surface area (TPSA) is 68.2 Å². The summed E-state index contributed by atoms with van der Waals surface area (Å²) in [5.74, 6) is 0.954. The lowest BCUT2D eigenvalue weighted by Crippen LogP contribution is -2.23. The van der Waals surface area contributed by atoms with E-state index in [9.17, 15) is 4.79 Å². The molecule has 1 fully saturated rings. The second-order valence-corrected chi connectivity index (χ2v) is 6.12. The van der Waals surface area contributed by atoms with E-state index in [0.29, 0.717) is 6.42 Å². The second kappa shape index (κ2) is 6.92. The predicted molar refractivity (Wildman–Crippen MR) is 98.8 cm³/mol. The second-order valence-electron chi connectivity index (χ2n) is 6.12. The summed E-state index contributed by atoms with van der Waals surface area (Å²) >= 11 is 0. The third kappa shape index (κ3) is 3.01. The molecule has 1 aliphatic heterocycles. The number of rotatable bonds is 4. The monoisotopic (exact) mass is 346 g/mol. The van der Waals surface area contributed by atoms with Gasteiger partial charge < -0.3 is 9.64 Å². The van der Waals surface area contributed by atoms with E-state index in [2.05, 4.69) is 15.4 Å². The van der Waals surface area contributed by atoms with E-state index in [-0.39, 0.29) is 5.91 Å². The van der Waals surface area contributed by atoms with Crippen molar-refractivity contribution in [3.8, 4) is 28.1 Å². The van der Waals surface area contributed by atoms with Crippen molar-refractivity contribution >= 4 is 11.6 Å². The molecule has 0 N–H and O–H groups in total. The lowest BCUT2D eigenvalue weighted by atomic mass is 10.0. The maximum Gasteiger partial charge on any atom is 0.227 e. The summed E-state index contributed by atoms with van der Waals surface area (Å²) in [7, 11) is 1.64. The summed E-state index contributed by atoms with van der Waals surface area (Å²) in [6.45, 7) is 0.764. The number of methoxy groups -OCH3 is 1. The minimum Gasteiger partial charge on any atom is -0.497 e. The van der Waals surface area contributed by atoms with Gasteiger partial charge in [0.15, 0.2) is 0 Å². The third-order valence-electron chi connectivity index (χ3n) is 4.54. The van der Waals surface area contributed by atoms with Gasteiger partial charge in [-0.25, -0.2) is 0 Å².